The van der Waals surface area contributed by atoms with Crippen molar-refractivity contribution in [3.8, 4) is 5.75 Å². The second-order valence-corrected chi connectivity index (χ2v) is 4.74. The number of rotatable bonds is 4. The number of nitrogens with one attached hydrogen (secondary N) is 1. The van der Waals surface area contributed by atoms with E-state index in [1.54, 1.807) is 13.1 Å². The maximum atomic E-state index is 11.7. The van der Waals surface area contributed by atoms with E-state index in [2.05, 4.69) is 20.7 Å². The molecule has 1 amide bonds. The van der Waals surface area contributed by atoms with Crippen LogP contribution in [0.15, 0.2) is 12.1 Å². The van der Waals surface area contributed by atoms with Crippen molar-refractivity contribution in [2.75, 3.05) is 11.9 Å². The zero-order chi connectivity index (χ0) is 14.7. The van der Waals surface area contributed by atoms with Gasteiger partial charge in [-0.2, -0.15) is 4.80 Å². The van der Waals surface area contributed by atoms with Gasteiger partial charge in [-0.3, -0.25) is 10.1 Å². The van der Waals surface area contributed by atoms with Gasteiger partial charge >= 0.3 is 0 Å². The van der Waals surface area contributed by atoms with Gasteiger partial charge in [-0.05, 0) is 36.3 Å². The molecule has 20 heavy (non-hydrogen) atoms. The summed E-state index contributed by atoms with van der Waals surface area (Å²) >= 11 is 6.09. The van der Waals surface area contributed by atoms with E-state index >= 15 is 0 Å². The normalized spacial score (nSPS) is 10.4. The van der Waals surface area contributed by atoms with Crippen molar-refractivity contribution in [1.82, 2.24) is 20.2 Å². The Morgan fingerprint density at radius 1 is 1.45 bits per heavy atom. The van der Waals surface area contributed by atoms with E-state index < -0.39 is 0 Å². The number of aryl methyl sites for hydroxylation is 3. The average molecular weight is 296 g/mol. The lowest BCUT2D eigenvalue weighted by Gasteiger charge is -2.11. The second kappa shape index (κ2) is 5.87. The predicted molar refractivity (Wildman–Crippen MR) is 73.8 cm³/mol. The summed E-state index contributed by atoms with van der Waals surface area (Å²) in [5, 5.41) is 14.0. The van der Waals surface area contributed by atoms with Gasteiger partial charge in [0.15, 0.2) is 6.61 Å². The Labute approximate surface area is 120 Å². The maximum absolute atomic E-state index is 11.7. The van der Waals surface area contributed by atoms with Crippen LogP contribution in [0.25, 0.3) is 0 Å². The molecule has 1 aromatic heterocycles. The molecule has 0 fully saturated rings. The summed E-state index contributed by atoms with van der Waals surface area (Å²) in [6.45, 7) is 3.63. The second-order valence-electron chi connectivity index (χ2n) is 4.33. The summed E-state index contributed by atoms with van der Waals surface area (Å²) in [6, 6.07) is 3.72. The van der Waals surface area contributed by atoms with Crippen LogP contribution in [0.4, 0.5) is 5.95 Å². The first kappa shape index (κ1) is 14.3. The smallest absolute Gasteiger partial charge is 0.270 e. The molecule has 0 aliphatic rings. The van der Waals surface area contributed by atoms with Crippen molar-refractivity contribution in [2.45, 2.75) is 13.8 Å². The Bertz CT molecular complexity index is 618. The first-order valence-corrected chi connectivity index (χ1v) is 6.27. The number of aromatic nitrogens is 4. The van der Waals surface area contributed by atoms with Gasteiger partial charge in [-0.1, -0.05) is 22.8 Å². The van der Waals surface area contributed by atoms with Crippen LogP contribution in [0, 0.1) is 13.8 Å². The van der Waals surface area contributed by atoms with Crippen LogP contribution in [0.1, 0.15) is 11.1 Å². The fourth-order valence-corrected chi connectivity index (χ4v) is 2.09. The number of halogens is 1. The molecule has 0 unspecified atom stereocenters. The summed E-state index contributed by atoms with van der Waals surface area (Å²) in [5.41, 5.74) is 1.91. The topological polar surface area (TPSA) is 81.9 Å². The number of carbonyl (C=O) groups is 1. The Morgan fingerprint density at radius 2 is 2.20 bits per heavy atom. The molecule has 0 saturated heterocycles. The number of amides is 1. The molecule has 0 bridgehead atoms. The van der Waals surface area contributed by atoms with Crippen LogP contribution in [0.2, 0.25) is 5.02 Å². The highest BCUT2D eigenvalue weighted by Crippen LogP contribution is 2.29. The van der Waals surface area contributed by atoms with Crippen LogP contribution < -0.4 is 10.1 Å². The number of tetrazole rings is 1. The van der Waals surface area contributed by atoms with E-state index in [0.29, 0.717) is 10.8 Å². The molecular weight excluding hydrogens is 282 g/mol. The van der Waals surface area contributed by atoms with Crippen LogP contribution in [-0.4, -0.2) is 32.7 Å². The molecule has 1 heterocycles. The van der Waals surface area contributed by atoms with Crippen molar-refractivity contribution in [3.05, 3.63) is 28.3 Å². The summed E-state index contributed by atoms with van der Waals surface area (Å²) < 4.78 is 5.44. The molecule has 0 aliphatic carbocycles. The number of hydrogen-bond donors (Lipinski definition) is 1. The van der Waals surface area contributed by atoms with E-state index in [-0.39, 0.29) is 18.5 Å². The van der Waals surface area contributed by atoms with Crippen molar-refractivity contribution >= 4 is 23.5 Å². The van der Waals surface area contributed by atoms with Crippen LogP contribution >= 0.6 is 11.6 Å². The lowest BCUT2D eigenvalue weighted by Crippen LogP contribution is -2.21. The fourth-order valence-electron chi connectivity index (χ4n) is 1.72. The molecule has 2 aromatic rings. The SMILES string of the molecule is Cc1cc(C)c(OCC(=O)Nc2nnn(C)n2)c(Cl)c1. The van der Waals surface area contributed by atoms with Gasteiger partial charge in [0.25, 0.3) is 11.9 Å². The van der Waals surface area contributed by atoms with Gasteiger partial charge in [0, 0.05) is 0 Å². The molecule has 8 heteroatoms. The Morgan fingerprint density at radius 3 is 2.80 bits per heavy atom. The lowest BCUT2D eigenvalue weighted by atomic mass is 10.1. The molecule has 1 aromatic carbocycles. The minimum absolute atomic E-state index is 0.132. The highest BCUT2D eigenvalue weighted by molar-refractivity contribution is 6.32. The molecule has 0 saturated carbocycles. The van der Waals surface area contributed by atoms with Gasteiger partial charge in [0.2, 0.25) is 0 Å². The fraction of sp³-hybridized carbons (Fsp3) is 0.333. The zero-order valence-corrected chi connectivity index (χ0v) is 12.1. The minimum atomic E-state index is -0.381. The van der Waals surface area contributed by atoms with Crippen molar-refractivity contribution in [2.24, 2.45) is 7.05 Å². The van der Waals surface area contributed by atoms with Gasteiger partial charge in [-0.15, -0.1) is 5.10 Å². The van der Waals surface area contributed by atoms with Gasteiger partial charge in [0.1, 0.15) is 5.75 Å². The van der Waals surface area contributed by atoms with Gasteiger partial charge < -0.3 is 4.74 Å². The van der Waals surface area contributed by atoms with E-state index in [1.165, 1.54) is 4.80 Å². The molecular formula is C12H14ClN5O2. The van der Waals surface area contributed by atoms with Crippen LogP contribution in [0.3, 0.4) is 0 Å². The third-order valence-electron chi connectivity index (χ3n) is 2.48. The first-order valence-electron chi connectivity index (χ1n) is 5.89. The van der Waals surface area contributed by atoms with E-state index in [1.807, 2.05) is 19.9 Å². The molecule has 0 aliphatic heterocycles. The molecule has 106 valence electrons. The third kappa shape index (κ3) is 3.45. The summed E-state index contributed by atoms with van der Waals surface area (Å²) in [7, 11) is 1.61. The summed E-state index contributed by atoms with van der Waals surface area (Å²) in [5.74, 6) is 0.251. The largest absolute Gasteiger partial charge is 0.482 e. The molecule has 1 N–H and O–H groups in total. The van der Waals surface area contributed by atoms with Gasteiger partial charge in [0.05, 0.1) is 12.1 Å². The Kier molecular flexibility index (Phi) is 4.19. The molecule has 0 atom stereocenters. The highest BCUT2D eigenvalue weighted by atomic mass is 35.5. The van der Waals surface area contributed by atoms with Crippen molar-refractivity contribution < 1.29 is 9.53 Å². The first-order chi connectivity index (χ1) is 9.45. The molecule has 0 spiro atoms. The van der Waals surface area contributed by atoms with E-state index in [9.17, 15) is 4.79 Å². The number of anilines is 1. The Balaban J connectivity index is 1.97. The number of ether oxygens (including phenoxy) is 1. The zero-order valence-electron chi connectivity index (χ0n) is 11.3. The highest BCUT2D eigenvalue weighted by Gasteiger charge is 2.11. The molecule has 2 rings (SSSR count). The summed E-state index contributed by atoms with van der Waals surface area (Å²) in [4.78, 5) is 12.9. The Hall–Kier alpha value is -2.15. The third-order valence-corrected chi connectivity index (χ3v) is 2.76. The lowest BCUT2D eigenvalue weighted by molar-refractivity contribution is -0.118. The van der Waals surface area contributed by atoms with Gasteiger partial charge in [-0.25, -0.2) is 0 Å². The van der Waals surface area contributed by atoms with E-state index in [4.69, 9.17) is 16.3 Å². The molecule has 0 radical (unpaired) electrons. The monoisotopic (exact) mass is 295 g/mol. The molecule has 7 nitrogen and oxygen atoms in total. The van der Waals surface area contributed by atoms with Crippen LogP contribution in [0.5, 0.6) is 5.75 Å². The standard InChI is InChI=1S/C12H14ClN5O2/c1-7-4-8(2)11(9(13)5-7)20-6-10(19)14-12-15-17-18(3)16-12/h4-5H,6H2,1-3H3,(H,14,16,19). The number of hydrogen-bond acceptors (Lipinski definition) is 5. The average Bonchev–Trinajstić information content (AvgIpc) is 2.73. The predicted octanol–water partition coefficient (Wildman–Crippen LogP) is 1.50. The van der Waals surface area contributed by atoms with Crippen LogP contribution in [-0.2, 0) is 11.8 Å². The van der Waals surface area contributed by atoms with E-state index in [0.717, 1.165) is 11.1 Å². The number of benzene rings is 1. The number of nitrogens with zero attached hydrogens (tertiary/aromatic N) is 4. The van der Waals surface area contributed by atoms with Crippen molar-refractivity contribution in [3.63, 3.8) is 0 Å². The number of carbonyl (C=O) groups excluding carboxylic acids is 1. The van der Waals surface area contributed by atoms with Crippen molar-refractivity contribution in [1.29, 1.82) is 0 Å². The maximum Gasteiger partial charge on any atom is 0.270 e. The minimum Gasteiger partial charge on any atom is -0.482 e. The quantitative estimate of drug-likeness (QED) is 0.924. The summed E-state index contributed by atoms with van der Waals surface area (Å²) in [6.07, 6.45) is 0.